The Kier molecular flexibility index (Phi) is 2.80. The lowest BCUT2D eigenvalue weighted by Crippen LogP contribution is -2.41. The molecule has 0 aliphatic carbocycles. The van der Waals surface area contributed by atoms with Gasteiger partial charge >= 0.3 is 17.6 Å². The second-order valence-electron chi connectivity index (χ2n) is 4.23. The molecule has 0 N–H and O–H groups in total. The molecule has 0 atom stereocenters. The van der Waals surface area contributed by atoms with Crippen molar-refractivity contribution in [2.45, 2.75) is 0 Å². The van der Waals surface area contributed by atoms with Crippen LogP contribution in [0.15, 0.2) is 60.7 Å². The van der Waals surface area contributed by atoms with E-state index in [0.29, 0.717) is 11.4 Å². The lowest BCUT2D eigenvalue weighted by Gasteiger charge is -2.26. The van der Waals surface area contributed by atoms with Crippen LogP contribution in [0.25, 0.3) is 0 Å². The summed E-state index contributed by atoms with van der Waals surface area (Å²) in [7, 11) is 0. The molecule has 1 aliphatic rings. The molecule has 0 bridgehead atoms. The highest BCUT2D eigenvalue weighted by molar-refractivity contribution is 6.72. The molecule has 0 saturated carbocycles. The van der Waals surface area contributed by atoms with Crippen LogP contribution in [0.3, 0.4) is 0 Å². The molecule has 20 heavy (non-hydrogen) atoms. The maximum atomic E-state index is 12.0. The number of para-hydroxylation sites is 2. The van der Waals surface area contributed by atoms with Crippen molar-refractivity contribution in [3.05, 3.63) is 60.7 Å². The average molecular weight is 266 g/mol. The smallest absolute Gasteiger partial charge is 0.277 e. The molecule has 0 radical (unpaired) electrons. The standard InChI is InChI=1S/C15H10N2O3/c18-13-14(19)16(11-7-3-1-4-8-11)17(15(13)20)12-9-5-2-6-10-12/h1-10H. The summed E-state index contributed by atoms with van der Waals surface area (Å²) in [6, 6.07) is 17.2. The molecule has 0 spiro atoms. The molecule has 1 aliphatic heterocycles. The van der Waals surface area contributed by atoms with Crippen molar-refractivity contribution in [3.8, 4) is 0 Å². The van der Waals surface area contributed by atoms with Gasteiger partial charge in [0, 0.05) is 0 Å². The Bertz CT molecular complexity index is 623. The van der Waals surface area contributed by atoms with Crippen LogP contribution < -0.4 is 10.0 Å². The number of anilines is 2. The normalized spacial score (nSPS) is 15.1. The number of Topliss-reactive ketones (excluding diaryl/α,β-unsaturated/α-hetero) is 1. The number of hydrogen-bond donors (Lipinski definition) is 0. The number of hydrogen-bond acceptors (Lipinski definition) is 3. The zero-order valence-electron chi connectivity index (χ0n) is 10.4. The SMILES string of the molecule is O=C1C(=O)N(c2ccccc2)N(c2ccccc2)C1=O. The van der Waals surface area contributed by atoms with Gasteiger partial charge in [-0.15, -0.1) is 0 Å². The van der Waals surface area contributed by atoms with Crippen LogP contribution in [0.5, 0.6) is 0 Å². The number of rotatable bonds is 2. The summed E-state index contributed by atoms with van der Waals surface area (Å²) in [5.41, 5.74) is 0.945. The topological polar surface area (TPSA) is 57.7 Å². The van der Waals surface area contributed by atoms with Gasteiger partial charge in [0.1, 0.15) is 0 Å². The zero-order valence-corrected chi connectivity index (χ0v) is 10.4. The highest BCUT2D eigenvalue weighted by Gasteiger charge is 2.46. The Morgan fingerprint density at radius 2 is 0.900 bits per heavy atom. The molecule has 5 heteroatoms. The van der Waals surface area contributed by atoms with Crippen molar-refractivity contribution in [1.82, 2.24) is 0 Å². The highest BCUT2D eigenvalue weighted by Crippen LogP contribution is 2.27. The molecule has 3 rings (SSSR count). The van der Waals surface area contributed by atoms with Gasteiger partial charge in [-0.3, -0.25) is 14.4 Å². The van der Waals surface area contributed by atoms with Crippen LogP contribution in [0, 0.1) is 0 Å². The van der Waals surface area contributed by atoms with Crippen molar-refractivity contribution in [2.24, 2.45) is 0 Å². The van der Waals surface area contributed by atoms with E-state index in [-0.39, 0.29) is 0 Å². The predicted octanol–water partition coefficient (Wildman–Crippen LogP) is 1.55. The minimum Gasteiger partial charge on any atom is -0.277 e. The van der Waals surface area contributed by atoms with Crippen molar-refractivity contribution in [3.63, 3.8) is 0 Å². The van der Waals surface area contributed by atoms with Gasteiger partial charge in [-0.25, -0.2) is 10.0 Å². The number of amides is 2. The Hall–Kier alpha value is -2.95. The molecular weight excluding hydrogens is 256 g/mol. The second kappa shape index (κ2) is 4.62. The van der Waals surface area contributed by atoms with E-state index in [2.05, 4.69) is 0 Å². The average Bonchev–Trinajstić information content (AvgIpc) is 2.73. The van der Waals surface area contributed by atoms with E-state index in [0.717, 1.165) is 10.0 Å². The van der Waals surface area contributed by atoms with Gasteiger partial charge in [0.25, 0.3) is 0 Å². The van der Waals surface area contributed by atoms with Gasteiger partial charge in [-0.05, 0) is 24.3 Å². The van der Waals surface area contributed by atoms with Crippen LogP contribution in [-0.2, 0) is 14.4 Å². The van der Waals surface area contributed by atoms with Gasteiger partial charge in [0.2, 0.25) is 0 Å². The number of ketones is 1. The van der Waals surface area contributed by atoms with Crippen LogP contribution >= 0.6 is 0 Å². The van der Waals surface area contributed by atoms with Crippen molar-refractivity contribution < 1.29 is 14.4 Å². The first-order valence-corrected chi connectivity index (χ1v) is 6.03. The van der Waals surface area contributed by atoms with Crippen LogP contribution in [0.4, 0.5) is 11.4 Å². The van der Waals surface area contributed by atoms with Gasteiger partial charge in [-0.2, -0.15) is 0 Å². The summed E-state index contributed by atoms with van der Waals surface area (Å²) in [6.07, 6.45) is 0. The third-order valence-electron chi connectivity index (χ3n) is 2.97. The zero-order chi connectivity index (χ0) is 14.1. The first-order chi connectivity index (χ1) is 9.70. The lowest BCUT2D eigenvalue weighted by molar-refractivity contribution is -0.140. The third-order valence-corrected chi connectivity index (χ3v) is 2.97. The first-order valence-electron chi connectivity index (χ1n) is 6.03. The maximum Gasteiger partial charge on any atom is 0.323 e. The van der Waals surface area contributed by atoms with E-state index in [9.17, 15) is 14.4 Å². The molecule has 0 unspecified atom stereocenters. The summed E-state index contributed by atoms with van der Waals surface area (Å²) >= 11 is 0. The fourth-order valence-electron chi connectivity index (χ4n) is 2.07. The summed E-state index contributed by atoms with van der Waals surface area (Å²) in [5.74, 6) is -2.71. The minimum absolute atomic E-state index is 0.473. The number of carbonyl (C=O) groups excluding carboxylic acids is 3. The Morgan fingerprint density at radius 3 is 1.25 bits per heavy atom. The summed E-state index contributed by atoms with van der Waals surface area (Å²) in [5, 5.41) is 2.19. The second-order valence-corrected chi connectivity index (χ2v) is 4.23. The first kappa shape index (κ1) is 12.1. The minimum atomic E-state index is -1.03. The maximum absolute atomic E-state index is 12.0. The summed E-state index contributed by atoms with van der Waals surface area (Å²) in [4.78, 5) is 35.7. The van der Waals surface area contributed by atoms with Gasteiger partial charge < -0.3 is 0 Å². The summed E-state index contributed by atoms with van der Waals surface area (Å²) < 4.78 is 0. The molecule has 98 valence electrons. The molecule has 5 nitrogen and oxygen atoms in total. The molecular formula is C15H10N2O3. The van der Waals surface area contributed by atoms with E-state index < -0.39 is 17.6 Å². The Labute approximate surface area is 115 Å². The molecule has 0 aromatic heterocycles. The molecule has 1 heterocycles. The van der Waals surface area contributed by atoms with E-state index in [1.807, 2.05) is 0 Å². The monoisotopic (exact) mass is 266 g/mol. The molecule has 2 aromatic rings. The van der Waals surface area contributed by atoms with Gasteiger partial charge in [0.05, 0.1) is 11.4 Å². The van der Waals surface area contributed by atoms with Crippen LogP contribution in [0.2, 0.25) is 0 Å². The number of nitrogens with zero attached hydrogens (tertiary/aromatic N) is 2. The van der Waals surface area contributed by atoms with E-state index in [4.69, 9.17) is 0 Å². The van der Waals surface area contributed by atoms with E-state index >= 15 is 0 Å². The highest BCUT2D eigenvalue weighted by atomic mass is 16.2. The molecule has 1 fully saturated rings. The fourth-order valence-corrected chi connectivity index (χ4v) is 2.07. The number of benzene rings is 2. The predicted molar refractivity (Wildman–Crippen MR) is 72.9 cm³/mol. The van der Waals surface area contributed by atoms with Crippen molar-refractivity contribution in [2.75, 3.05) is 10.0 Å². The Morgan fingerprint density at radius 1 is 0.550 bits per heavy atom. The molecule has 1 saturated heterocycles. The van der Waals surface area contributed by atoms with Crippen molar-refractivity contribution in [1.29, 1.82) is 0 Å². The van der Waals surface area contributed by atoms with E-state index in [1.165, 1.54) is 0 Å². The molecule has 2 aromatic carbocycles. The fraction of sp³-hybridized carbons (Fsp3) is 0. The van der Waals surface area contributed by atoms with Crippen LogP contribution in [0.1, 0.15) is 0 Å². The van der Waals surface area contributed by atoms with Gasteiger partial charge in [-0.1, -0.05) is 36.4 Å². The largest absolute Gasteiger partial charge is 0.323 e. The van der Waals surface area contributed by atoms with E-state index in [1.54, 1.807) is 60.7 Å². The third kappa shape index (κ3) is 1.76. The van der Waals surface area contributed by atoms with Crippen molar-refractivity contribution >= 4 is 29.0 Å². The number of carbonyl (C=O) groups is 3. The number of hydrazine groups is 1. The molecule has 2 amide bonds. The van der Waals surface area contributed by atoms with Gasteiger partial charge in [0.15, 0.2) is 0 Å². The Balaban J connectivity index is 2.12. The van der Waals surface area contributed by atoms with Crippen LogP contribution in [-0.4, -0.2) is 17.6 Å². The quantitative estimate of drug-likeness (QED) is 0.775. The summed E-state index contributed by atoms with van der Waals surface area (Å²) in [6.45, 7) is 0. The lowest BCUT2D eigenvalue weighted by atomic mass is 10.3.